The highest BCUT2D eigenvalue weighted by atomic mass is 32.2. The number of ether oxygens (including phenoxy) is 1. The van der Waals surface area contributed by atoms with Crippen molar-refractivity contribution in [1.29, 1.82) is 0 Å². The maximum Gasteiger partial charge on any atom is 0.262 e. The van der Waals surface area contributed by atoms with Gasteiger partial charge in [0.25, 0.3) is 5.91 Å². The van der Waals surface area contributed by atoms with E-state index in [0.717, 1.165) is 22.2 Å². The molecule has 38 heavy (non-hydrogen) atoms. The predicted molar refractivity (Wildman–Crippen MR) is 140 cm³/mol. The molecule has 0 saturated carbocycles. The number of carbonyl (C=O) groups excluding carboxylic acids is 2. The van der Waals surface area contributed by atoms with Gasteiger partial charge >= 0.3 is 0 Å². The third kappa shape index (κ3) is 6.45. The van der Waals surface area contributed by atoms with E-state index in [2.05, 4.69) is 9.71 Å². The average molecular weight is 542 g/mol. The van der Waals surface area contributed by atoms with Crippen LogP contribution in [-0.4, -0.2) is 79.0 Å². The van der Waals surface area contributed by atoms with Crippen LogP contribution >= 0.6 is 0 Å². The Kier molecular flexibility index (Phi) is 8.57. The van der Waals surface area contributed by atoms with Gasteiger partial charge in [0, 0.05) is 56.3 Å². The number of fused-ring (bicyclic) bond motifs is 1. The summed E-state index contributed by atoms with van der Waals surface area (Å²) in [6.07, 6.45) is 0. The third-order valence-electron chi connectivity index (χ3n) is 6.54. The van der Waals surface area contributed by atoms with Crippen LogP contribution in [0.4, 0.5) is 0 Å². The van der Waals surface area contributed by atoms with Gasteiger partial charge in [-0.1, -0.05) is 18.2 Å². The van der Waals surface area contributed by atoms with Crippen molar-refractivity contribution in [3.63, 3.8) is 0 Å². The minimum absolute atomic E-state index is 0.0135. The zero-order chi connectivity index (χ0) is 27.3. The number of pyridine rings is 1. The lowest BCUT2D eigenvalue weighted by molar-refractivity contribution is -0.136. The van der Waals surface area contributed by atoms with Crippen molar-refractivity contribution < 1.29 is 28.0 Å². The Hall–Kier alpha value is -3.58. The second kappa shape index (κ2) is 11.9. The zero-order valence-electron chi connectivity index (χ0n) is 21.3. The molecular weight excluding hydrogens is 510 g/mol. The number of amides is 2. The standard InChI is InChI=1S/C26H31N5O6S/c1-18-15-20(23-5-3-4-6-24(23)28-18)17-37-21-7-9-22(10-8-21)38(35,36)27-16-25(26(33)29-34)31-13-11-30(12-14-31)19(2)32/h3-10,15,25,27,34H,11-14,16-17H2,1-2H3,(H,29,33). The van der Waals surface area contributed by atoms with Crippen LogP contribution < -0.4 is 14.9 Å². The Labute approximate surface area is 221 Å². The zero-order valence-corrected chi connectivity index (χ0v) is 22.1. The molecule has 11 nitrogen and oxygen atoms in total. The Bertz CT molecular complexity index is 1410. The molecule has 1 aliphatic heterocycles. The van der Waals surface area contributed by atoms with Gasteiger partial charge in [-0.15, -0.1) is 0 Å². The summed E-state index contributed by atoms with van der Waals surface area (Å²) in [5.41, 5.74) is 4.34. The van der Waals surface area contributed by atoms with Gasteiger partial charge in [-0.3, -0.25) is 24.7 Å². The molecule has 0 spiro atoms. The molecular formula is C26H31N5O6S. The molecule has 3 aromatic rings. The molecule has 0 aliphatic carbocycles. The molecule has 2 heterocycles. The number of piperazine rings is 1. The lowest BCUT2D eigenvalue weighted by Crippen LogP contribution is -2.58. The Morgan fingerprint density at radius 3 is 2.42 bits per heavy atom. The monoisotopic (exact) mass is 541 g/mol. The summed E-state index contributed by atoms with van der Waals surface area (Å²) in [4.78, 5) is 31.8. The molecule has 4 rings (SSSR count). The summed E-state index contributed by atoms with van der Waals surface area (Å²) >= 11 is 0. The smallest absolute Gasteiger partial charge is 0.262 e. The number of aryl methyl sites for hydroxylation is 1. The highest BCUT2D eigenvalue weighted by molar-refractivity contribution is 7.89. The molecule has 1 unspecified atom stereocenters. The molecule has 0 radical (unpaired) electrons. The summed E-state index contributed by atoms with van der Waals surface area (Å²) in [7, 11) is -3.94. The maximum absolute atomic E-state index is 12.9. The van der Waals surface area contributed by atoms with E-state index in [9.17, 15) is 23.2 Å². The van der Waals surface area contributed by atoms with Gasteiger partial charge in [0.1, 0.15) is 18.4 Å². The number of rotatable bonds is 9. The Balaban J connectivity index is 1.39. The minimum atomic E-state index is -3.94. The first-order valence-corrected chi connectivity index (χ1v) is 13.7. The molecule has 1 atom stereocenters. The fourth-order valence-electron chi connectivity index (χ4n) is 4.47. The van der Waals surface area contributed by atoms with Gasteiger partial charge < -0.3 is 9.64 Å². The van der Waals surface area contributed by atoms with E-state index in [1.807, 2.05) is 37.3 Å². The van der Waals surface area contributed by atoms with E-state index in [4.69, 9.17) is 4.74 Å². The van der Waals surface area contributed by atoms with Crippen LogP contribution in [0, 0.1) is 6.92 Å². The SMILES string of the molecule is CC(=O)N1CCN(C(CNS(=O)(=O)c2ccc(OCc3cc(C)nc4ccccc34)cc2)C(=O)NO)CC1. The number of sulfonamides is 1. The van der Waals surface area contributed by atoms with Gasteiger partial charge in [-0.2, -0.15) is 0 Å². The molecule has 3 N–H and O–H groups in total. The number of nitrogens with zero attached hydrogens (tertiary/aromatic N) is 3. The molecule has 12 heteroatoms. The summed E-state index contributed by atoms with van der Waals surface area (Å²) in [6.45, 7) is 5.00. The van der Waals surface area contributed by atoms with Crippen molar-refractivity contribution in [2.24, 2.45) is 0 Å². The normalized spacial score (nSPS) is 15.3. The van der Waals surface area contributed by atoms with Crippen LogP contribution in [0.2, 0.25) is 0 Å². The Morgan fingerprint density at radius 1 is 1.08 bits per heavy atom. The average Bonchev–Trinajstić information content (AvgIpc) is 2.92. The van der Waals surface area contributed by atoms with Gasteiger partial charge in [-0.25, -0.2) is 18.6 Å². The molecule has 1 fully saturated rings. The molecule has 1 aromatic heterocycles. The first-order chi connectivity index (χ1) is 18.2. The second-order valence-electron chi connectivity index (χ2n) is 9.09. The van der Waals surface area contributed by atoms with Crippen molar-refractivity contribution in [3.05, 3.63) is 65.9 Å². The van der Waals surface area contributed by atoms with Crippen molar-refractivity contribution >= 4 is 32.7 Å². The first kappa shape index (κ1) is 27.5. The number of hydrogen-bond acceptors (Lipinski definition) is 8. The van der Waals surface area contributed by atoms with Crippen LogP contribution in [0.3, 0.4) is 0 Å². The van der Waals surface area contributed by atoms with Crippen molar-refractivity contribution in [2.75, 3.05) is 32.7 Å². The molecule has 2 amide bonds. The van der Waals surface area contributed by atoms with Crippen LogP contribution in [0.15, 0.2) is 59.5 Å². The van der Waals surface area contributed by atoms with Crippen LogP contribution in [0.5, 0.6) is 5.75 Å². The topological polar surface area (TPSA) is 141 Å². The van der Waals surface area contributed by atoms with Crippen molar-refractivity contribution in [3.8, 4) is 5.75 Å². The molecule has 1 aliphatic rings. The number of hydrogen-bond donors (Lipinski definition) is 3. The summed E-state index contributed by atoms with van der Waals surface area (Å²) in [6, 6.07) is 14.8. The van der Waals surface area contributed by atoms with Crippen LogP contribution in [-0.2, 0) is 26.2 Å². The number of para-hydroxylation sites is 1. The Morgan fingerprint density at radius 2 is 1.76 bits per heavy atom. The van der Waals surface area contributed by atoms with Crippen LogP contribution in [0.1, 0.15) is 18.2 Å². The maximum atomic E-state index is 12.9. The number of hydroxylamine groups is 1. The molecule has 1 saturated heterocycles. The van der Waals surface area contributed by atoms with E-state index in [1.165, 1.54) is 19.1 Å². The van der Waals surface area contributed by atoms with E-state index in [-0.39, 0.29) is 17.3 Å². The summed E-state index contributed by atoms with van der Waals surface area (Å²) in [5.74, 6) is -0.292. The number of aromatic nitrogens is 1. The highest BCUT2D eigenvalue weighted by Crippen LogP contribution is 2.22. The van der Waals surface area contributed by atoms with E-state index >= 15 is 0 Å². The first-order valence-electron chi connectivity index (χ1n) is 12.2. The lowest BCUT2D eigenvalue weighted by atomic mass is 10.1. The third-order valence-corrected chi connectivity index (χ3v) is 7.98. The van der Waals surface area contributed by atoms with E-state index in [1.54, 1.807) is 27.4 Å². The fraction of sp³-hybridized carbons (Fsp3) is 0.346. The predicted octanol–water partition coefficient (Wildman–Crippen LogP) is 1.44. The molecule has 0 bridgehead atoms. The number of benzene rings is 2. The van der Waals surface area contributed by atoms with Gasteiger partial charge in [-0.05, 0) is 43.3 Å². The lowest BCUT2D eigenvalue weighted by Gasteiger charge is -2.37. The van der Waals surface area contributed by atoms with Crippen molar-refractivity contribution in [1.82, 2.24) is 25.0 Å². The largest absolute Gasteiger partial charge is 0.489 e. The summed E-state index contributed by atoms with van der Waals surface area (Å²) < 4.78 is 34.2. The molecule has 202 valence electrons. The van der Waals surface area contributed by atoms with Gasteiger partial charge in [0.2, 0.25) is 15.9 Å². The van der Waals surface area contributed by atoms with Crippen LogP contribution in [0.25, 0.3) is 10.9 Å². The van der Waals surface area contributed by atoms with E-state index < -0.39 is 22.0 Å². The second-order valence-corrected chi connectivity index (χ2v) is 10.9. The number of nitrogens with one attached hydrogen (secondary N) is 2. The fourth-order valence-corrected chi connectivity index (χ4v) is 5.51. The van der Waals surface area contributed by atoms with Gasteiger partial charge in [0.05, 0.1) is 10.4 Å². The molecule has 2 aromatic carbocycles. The minimum Gasteiger partial charge on any atom is -0.489 e. The van der Waals surface area contributed by atoms with E-state index in [0.29, 0.717) is 38.5 Å². The van der Waals surface area contributed by atoms with Gasteiger partial charge in [0.15, 0.2) is 0 Å². The van der Waals surface area contributed by atoms with Crippen molar-refractivity contribution in [2.45, 2.75) is 31.4 Å². The summed E-state index contributed by atoms with van der Waals surface area (Å²) in [5, 5.41) is 10.2. The highest BCUT2D eigenvalue weighted by Gasteiger charge is 2.31. The quantitative estimate of drug-likeness (QED) is 0.273. The number of carbonyl (C=O) groups is 2.